The van der Waals surface area contributed by atoms with Gasteiger partial charge in [0.15, 0.2) is 6.10 Å². The number of aliphatic carboxylic acids is 1. The van der Waals surface area contributed by atoms with E-state index in [1.54, 1.807) is 12.1 Å². The molecule has 0 saturated carbocycles. The van der Waals surface area contributed by atoms with Crippen LogP contribution in [0.15, 0.2) is 36.4 Å². The summed E-state index contributed by atoms with van der Waals surface area (Å²) in [6.45, 7) is 5.89. The highest BCUT2D eigenvalue weighted by Gasteiger charge is 2.21. The third-order valence-corrected chi connectivity index (χ3v) is 3.90. The largest absolute Gasteiger partial charge is 0.478 e. The minimum absolute atomic E-state index is 0.291. The maximum atomic E-state index is 11.5. The van der Waals surface area contributed by atoms with E-state index in [0.29, 0.717) is 17.2 Å². The molecule has 0 heterocycles. The van der Waals surface area contributed by atoms with Crippen molar-refractivity contribution in [3.05, 3.63) is 63.7 Å². The Labute approximate surface area is 135 Å². The van der Waals surface area contributed by atoms with Gasteiger partial charge in [-0.25, -0.2) is 4.79 Å². The molecule has 0 aliphatic heterocycles. The first-order valence-corrected chi connectivity index (χ1v) is 7.46. The van der Waals surface area contributed by atoms with Crippen molar-refractivity contribution in [3.63, 3.8) is 0 Å². The van der Waals surface area contributed by atoms with Crippen LogP contribution in [0.2, 0.25) is 5.02 Å². The van der Waals surface area contributed by atoms with Crippen LogP contribution in [-0.2, 0) is 11.2 Å². The number of hydrogen-bond acceptors (Lipinski definition) is 2. The highest BCUT2D eigenvalue weighted by atomic mass is 35.5. The Morgan fingerprint density at radius 3 is 2.41 bits per heavy atom. The van der Waals surface area contributed by atoms with Gasteiger partial charge in [0.2, 0.25) is 0 Å². The van der Waals surface area contributed by atoms with Crippen molar-refractivity contribution in [1.29, 1.82) is 0 Å². The van der Waals surface area contributed by atoms with Gasteiger partial charge in [0, 0.05) is 11.4 Å². The number of hydrogen-bond donors (Lipinski definition) is 1. The lowest BCUT2D eigenvalue weighted by Crippen LogP contribution is -2.29. The van der Waals surface area contributed by atoms with Crippen LogP contribution in [0.4, 0.5) is 0 Å². The molecule has 3 nitrogen and oxygen atoms in total. The van der Waals surface area contributed by atoms with Crippen molar-refractivity contribution < 1.29 is 14.6 Å². The third kappa shape index (κ3) is 4.01. The SMILES string of the molecule is Cc1cc(C)c(C)c(O[C@H](Cc2ccc(Cl)cc2)C(=O)O)c1. The van der Waals surface area contributed by atoms with E-state index in [1.807, 2.05) is 39.0 Å². The van der Waals surface area contributed by atoms with Crippen LogP contribution in [0.3, 0.4) is 0 Å². The Balaban J connectivity index is 2.22. The number of aryl methyl sites for hydroxylation is 2. The van der Waals surface area contributed by atoms with E-state index in [9.17, 15) is 9.90 Å². The zero-order chi connectivity index (χ0) is 16.3. The molecule has 22 heavy (non-hydrogen) atoms. The number of rotatable bonds is 5. The van der Waals surface area contributed by atoms with Gasteiger partial charge in [-0.2, -0.15) is 0 Å². The first kappa shape index (κ1) is 16.4. The number of benzene rings is 2. The molecule has 2 rings (SSSR count). The average Bonchev–Trinajstić information content (AvgIpc) is 2.45. The van der Waals surface area contributed by atoms with Gasteiger partial charge >= 0.3 is 5.97 Å². The summed E-state index contributed by atoms with van der Waals surface area (Å²) in [5.74, 6) is -0.354. The van der Waals surface area contributed by atoms with Crippen molar-refractivity contribution in [3.8, 4) is 5.75 Å². The Hall–Kier alpha value is -2.00. The van der Waals surface area contributed by atoms with Crippen LogP contribution in [0.1, 0.15) is 22.3 Å². The van der Waals surface area contributed by atoms with Crippen LogP contribution in [0, 0.1) is 20.8 Å². The van der Waals surface area contributed by atoms with Gasteiger partial charge in [-0.05, 0) is 61.2 Å². The van der Waals surface area contributed by atoms with Crippen molar-refractivity contribution in [1.82, 2.24) is 0 Å². The second kappa shape index (κ2) is 6.84. The van der Waals surface area contributed by atoms with E-state index in [2.05, 4.69) is 6.07 Å². The Morgan fingerprint density at radius 1 is 1.18 bits per heavy atom. The number of carboxylic acid groups (broad SMARTS) is 1. The van der Waals surface area contributed by atoms with E-state index >= 15 is 0 Å². The fourth-order valence-corrected chi connectivity index (χ4v) is 2.42. The smallest absolute Gasteiger partial charge is 0.345 e. The fourth-order valence-electron chi connectivity index (χ4n) is 2.29. The van der Waals surface area contributed by atoms with Gasteiger partial charge in [-0.3, -0.25) is 0 Å². The lowest BCUT2D eigenvalue weighted by atomic mass is 10.0. The number of halogens is 1. The quantitative estimate of drug-likeness (QED) is 0.892. The molecule has 0 fully saturated rings. The van der Waals surface area contributed by atoms with Crippen LogP contribution in [-0.4, -0.2) is 17.2 Å². The molecule has 0 radical (unpaired) electrons. The zero-order valence-electron chi connectivity index (χ0n) is 12.9. The van der Waals surface area contributed by atoms with Gasteiger partial charge < -0.3 is 9.84 Å². The molecule has 0 aliphatic rings. The summed E-state index contributed by atoms with van der Waals surface area (Å²) in [4.78, 5) is 11.5. The van der Waals surface area contributed by atoms with E-state index in [1.165, 1.54) is 0 Å². The minimum atomic E-state index is -0.978. The number of carboxylic acids is 1. The molecular weight excluding hydrogens is 300 g/mol. The van der Waals surface area contributed by atoms with Crippen molar-refractivity contribution in [2.45, 2.75) is 33.3 Å². The lowest BCUT2D eigenvalue weighted by Gasteiger charge is -2.18. The van der Waals surface area contributed by atoms with Gasteiger partial charge in [-0.1, -0.05) is 29.8 Å². The summed E-state index contributed by atoms with van der Waals surface area (Å²) in [5.41, 5.74) is 3.98. The van der Waals surface area contributed by atoms with Gasteiger partial charge in [0.25, 0.3) is 0 Å². The molecule has 116 valence electrons. The molecule has 2 aromatic carbocycles. The molecule has 4 heteroatoms. The summed E-state index contributed by atoms with van der Waals surface area (Å²) >= 11 is 5.85. The number of carbonyl (C=O) groups is 1. The zero-order valence-corrected chi connectivity index (χ0v) is 13.6. The second-order valence-electron chi connectivity index (χ2n) is 5.48. The normalized spacial score (nSPS) is 12.0. The Morgan fingerprint density at radius 2 is 1.82 bits per heavy atom. The molecule has 0 amide bonds. The van der Waals surface area contributed by atoms with Crippen molar-refractivity contribution in [2.24, 2.45) is 0 Å². The van der Waals surface area contributed by atoms with E-state index < -0.39 is 12.1 Å². The van der Waals surface area contributed by atoms with Crippen LogP contribution < -0.4 is 4.74 Å². The maximum Gasteiger partial charge on any atom is 0.345 e. The molecule has 1 N–H and O–H groups in total. The number of ether oxygens (including phenoxy) is 1. The van der Waals surface area contributed by atoms with Crippen molar-refractivity contribution >= 4 is 17.6 Å². The molecule has 0 unspecified atom stereocenters. The first-order chi connectivity index (χ1) is 10.4. The molecule has 0 aromatic heterocycles. The minimum Gasteiger partial charge on any atom is -0.478 e. The van der Waals surface area contributed by atoms with Gasteiger partial charge in [0.05, 0.1) is 0 Å². The standard InChI is InChI=1S/C18H19ClO3/c1-11-8-12(2)13(3)16(9-11)22-17(18(20)21)10-14-4-6-15(19)7-5-14/h4-9,17H,10H2,1-3H3,(H,20,21)/t17-/m1/s1. The molecule has 1 atom stereocenters. The molecule has 0 aliphatic carbocycles. The summed E-state index contributed by atoms with van der Waals surface area (Å²) in [6, 6.07) is 11.1. The molecule has 0 bridgehead atoms. The molecule has 0 saturated heterocycles. The van der Waals surface area contributed by atoms with Crippen molar-refractivity contribution in [2.75, 3.05) is 0 Å². The highest BCUT2D eigenvalue weighted by Crippen LogP contribution is 2.25. The van der Waals surface area contributed by atoms with E-state index in [4.69, 9.17) is 16.3 Å². The summed E-state index contributed by atoms with van der Waals surface area (Å²) in [6.07, 6.45) is -0.639. The predicted octanol–water partition coefficient (Wildman–Crippen LogP) is 4.34. The maximum absolute atomic E-state index is 11.5. The Kier molecular flexibility index (Phi) is 5.09. The highest BCUT2D eigenvalue weighted by molar-refractivity contribution is 6.30. The van der Waals surface area contributed by atoms with Crippen LogP contribution in [0.25, 0.3) is 0 Å². The van der Waals surface area contributed by atoms with E-state index in [0.717, 1.165) is 22.3 Å². The predicted molar refractivity (Wildman–Crippen MR) is 87.9 cm³/mol. The van der Waals surface area contributed by atoms with Crippen LogP contribution in [0.5, 0.6) is 5.75 Å². The van der Waals surface area contributed by atoms with Gasteiger partial charge in [0.1, 0.15) is 5.75 Å². The molecule has 2 aromatic rings. The lowest BCUT2D eigenvalue weighted by molar-refractivity contribution is -0.145. The summed E-state index contributed by atoms with van der Waals surface area (Å²) < 4.78 is 5.77. The monoisotopic (exact) mass is 318 g/mol. The second-order valence-corrected chi connectivity index (χ2v) is 5.92. The molecule has 0 spiro atoms. The van der Waals surface area contributed by atoms with E-state index in [-0.39, 0.29) is 0 Å². The van der Waals surface area contributed by atoms with Gasteiger partial charge in [-0.15, -0.1) is 0 Å². The van der Waals surface area contributed by atoms with Crippen LogP contribution >= 0.6 is 11.6 Å². The summed E-state index contributed by atoms with van der Waals surface area (Å²) in [7, 11) is 0. The summed E-state index contributed by atoms with van der Waals surface area (Å²) in [5, 5.41) is 10.1. The first-order valence-electron chi connectivity index (χ1n) is 7.08. The third-order valence-electron chi connectivity index (χ3n) is 3.64. The Bertz CT molecular complexity index is 677. The molecular formula is C18H19ClO3. The average molecular weight is 319 g/mol. The fraction of sp³-hybridized carbons (Fsp3) is 0.278. The topological polar surface area (TPSA) is 46.5 Å².